The van der Waals surface area contributed by atoms with Crippen molar-refractivity contribution in [3.05, 3.63) is 35.9 Å². The van der Waals surface area contributed by atoms with Crippen molar-refractivity contribution in [1.29, 1.82) is 0 Å². The number of carbonyl (C=O) groups is 2. The van der Waals surface area contributed by atoms with E-state index < -0.39 is 38.7 Å². The summed E-state index contributed by atoms with van der Waals surface area (Å²) in [6, 6.07) is 8.12. The van der Waals surface area contributed by atoms with Crippen molar-refractivity contribution in [3.8, 4) is 0 Å². The summed E-state index contributed by atoms with van der Waals surface area (Å²) in [5, 5.41) is 12.8. The van der Waals surface area contributed by atoms with E-state index in [2.05, 4.69) is 15.1 Å². The van der Waals surface area contributed by atoms with E-state index in [1.807, 2.05) is 18.2 Å². The number of hydrogen-bond acceptors (Lipinski definition) is 7. The summed E-state index contributed by atoms with van der Waals surface area (Å²) >= 11 is 0. The first kappa shape index (κ1) is 20.9. The van der Waals surface area contributed by atoms with Gasteiger partial charge >= 0.3 is 6.09 Å². The Morgan fingerprint density at radius 3 is 2.59 bits per heavy atom. The third-order valence-corrected chi connectivity index (χ3v) is 6.48. The Morgan fingerprint density at radius 1 is 1.33 bits per heavy atom. The van der Waals surface area contributed by atoms with Crippen molar-refractivity contribution in [3.63, 3.8) is 0 Å². The van der Waals surface area contributed by atoms with Gasteiger partial charge in [0.1, 0.15) is 12.6 Å². The lowest BCUT2D eigenvalue weighted by atomic mass is 10.2. The highest BCUT2D eigenvalue weighted by atomic mass is 32.3. The Balaban J connectivity index is 1.91. The molecular formula is C15H21N5O5S2. The smallest absolute Gasteiger partial charge is 0.408 e. The van der Waals surface area contributed by atoms with Gasteiger partial charge in [0.05, 0.1) is 5.49 Å². The van der Waals surface area contributed by atoms with Crippen molar-refractivity contribution < 1.29 is 22.7 Å². The minimum Gasteiger partial charge on any atom is -0.445 e. The van der Waals surface area contributed by atoms with E-state index in [9.17, 15) is 18.0 Å². The van der Waals surface area contributed by atoms with Crippen LogP contribution < -0.4 is 15.2 Å². The van der Waals surface area contributed by atoms with E-state index in [4.69, 9.17) is 9.88 Å². The van der Waals surface area contributed by atoms with Crippen molar-refractivity contribution in [2.24, 2.45) is 10.2 Å². The molecule has 27 heavy (non-hydrogen) atoms. The van der Waals surface area contributed by atoms with Crippen molar-refractivity contribution >= 4 is 42.6 Å². The number of nitrogens with zero attached hydrogens (tertiary/aromatic N) is 2. The average Bonchev–Trinajstić information content (AvgIpc) is 3.04. The molecule has 148 valence electrons. The number of carbonyl (C=O) groups excluding carboxylic acids is 2. The van der Waals surface area contributed by atoms with E-state index in [0.29, 0.717) is 6.54 Å². The molecule has 2 atom stereocenters. The van der Waals surface area contributed by atoms with E-state index in [1.165, 1.54) is 17.4 Å². The number of amides is 2. The molecule has 1 aliphatic rings. The second-order valence-electron chi connectivity index (χ2n) is 5.50. The van der Waals surface area contributed by atoms with Gasteiger partial charge < -0.3 is 10.1 Å². The van der Waals surface area contributed by atoms with Crippen LogP contribution in [0.3, 0.4) is 0 Å². The lowest BCUT2D eigenvalue weighted by molar-refractivity contribution is -0.120. The number of hydrazone groups is 1. The Kier molecular flexibility index (Phi) is 6.93. The minimum absolute atomic E-state index is 0.0623. The topological polar surface area (TPSA) is 143 Å². The van der Waals surface area contributed by atoms with Crippen LogP contribution in [-0.4, -0.2) is 47.9 Å². The van der Waals surface area contributed by atoms with Crippen LogP contribution in [-0.2, 0) is 26.2 Å². The molecular weight excluding hydrogens is 394 g/mol. The number of alkyl carbamates (subject to hydrolysis) is 1. The summed E-state index contributed by atoms with van der Waals surface area (Å²) in [5.41, 5.74) is 2.26. The van der Waals surface area contributed by atoms with Crippen LogP contribution in [0, 0.1) is 0 Å². The summed E-state index contributed by atoms with van der Waals surface area (Å²) < 4.78 is 30.5. The quantitative estimate of drug-likeness (QED) is 0.569. The first-order valence-electron chi connectivity index (χ1n) is 7.94. The van der Waals surface area contributed by atoms with Crippen LogP contribution in [0.15, 0.2) is 35.4 Å². The molecule has 1 aromatic carbocycles. The summed E-state index contributed by atoms with van der Waals surface area (Å²) in [5.74, 6) is -0.597. The second-order valence-corrected chi connectivity index (χ2v) is 8.72. The number of primary sulfonamides is 1. The van der Waals surface area contributed by atoms with Crippen LogP contribution >= 0.6 is 10.7 Å². The van der Waals surface area contributed by atoms with Gasteiger partial charge in [0.15, 0.2) is 0 Å². The SMILES string of the molecule is CCN1C=S(NC(=O)[C@H](C)NC(=O)OCc2ccccc2)C(S(N)(=O)=O)=N1. The number of nitrogens with two attached hydrogens (primary N) is 1. The predicted molar refractivity (Wildman–Crippen MR) is 104 cm³/mol. The maximum atomic E-state index is 12.3. The predicted octanol–water partition coefficient (Wildman–Crippen LogP) is 0.256. The highest BCUT2D eigenvalue weighted by molar-refractivity contribution is 8.42. The molecule has 0 aromatic heterocycles. The molecule has 1 aromatic rings. The molecule has 0 aliphatic carbocycles. The molecule has 1 aliphatic heterocycles. The molecule has 0 spiro atoms. The summed E-state index contributed by atoms with van der Waals surface area (Å²) in [6.45, 7) is 3.69. The summed E-state index contributed by atoms with van der Waals surface area (Å²) in [7, 11) is -5.38. The Morgan fingerprint density at radius 2 is 2.00 bits per heavy atom. The normalized spacial score (nSPS) is 17.5. The molecule has 10 nitrogen and oxygen atoms in total. The fraction of sp³-hybridized carbons (Fsp3) is 0.333. The highest BCUT2D eigenvalue weighted by Gasteiger charge is 2.28. The van der Waals surface area contributed by atoms with Gasteiger partial charge in [-0.25, -0.2) is 18.4 Å². The number of rotatable bonds is 6. The molecule has 0 saturated carbocycles. The average molecular weight is 415 g/mol. The van der Waals surface area contributed by atoms with Crippen LogP contribution in [0.25, 0.3) is 0 Å². The van der Waals surface area contributed by atoms with Gasteiger partial charge in [-0.1, -0.05) is 30.3 Å². The van der Waals surface area contributed by atoms with Gasteiger partial charge in [0.2, 0.25) is 4.38 Å². The molecule has 0 saturated heterocycles. The first-order valence-corrected chi connectivity index (χ1v) is 10.8. The molecule has 0 bridgehead atoms. The lowest BCUT2D eigenvalue weighted by Gasteiger charge is -2.15. The zero-order valence-electron chi connectivity index (χ0n) is 14.8. The lowest BCUT2D eigenvalue weighted by Crippen LogP contribution is -2.44. The maximum absolute atomic E-state index is 12.3. The van der Waals surface area contributed by atoms with E-state index in [-0.39, 0.29) is 11.0 Å². The standard InChI is InChI=1S/C15H21N5O5S2/c1-3-20-10-26(15(18-20)27(16,23)24)19-13(21)11(2)17-14(22)25-9-12-7-5-4-6-8-12/h4-8,10-11H,3,9H2,1-2H3,(H,17,22)(H,19,21)(H2,16,23,24)/t11-,26?/m0/s1. The molecule has 4 N–H and O–H groups in total. The number of benzene rings is 1. The van der Waals surface area contributed by atoms with Crippen LogP contribution in [0.5, 0.6) is 0 Å². The highest BCUT2D eigenvalue weighted by Crippen LogP contribution is 2.20. The van der Waals surface area contributed by atoms with Gasteiger partial charge in [-0.3, -0.25) is 14.5 Å². The van der Waals surface area contributed by atoms with E-state index in [0.717, 1.165) is 5.56 Å². The summed E-state index contributed by atoms with van der Waals surface area (Å²) in [6.07, 6.45) is -0.768. The molecule has 0 fully saturated rings. The first-order chi connectivity index (χ1) is 12.7. The third-order valence-electron chi connectivity index (χ3n) is 3.34. The second kappa shape index (κ2) is 8.97. The zero-order valence-corrected chi connectivity index (χ0v) is 16.4. The van der Waals surface area contributed by atoms with Gasteiger partial charge in [0, 0.05) is 6.54 Å². The van der Waals surface area contributed by atoms with E-state index in [1.54, 1.807) is 19.1 Å². The molecule has 1 unspecified atom stereocenters. The number of nitrogens with one attached hydrogen (secondary N) is 2. The zero-order chi connectivity index (χ0) is 20.0. The number of sulfonamides is 1. The largest absolute Gasteiger partial charge is 0.445 e. The van der Waals surface area contributed by atoms with Crippen molar-refractivity contribution in [2.75, 3.05) is 6.54 Å². The number of hydrogen-bond donors (Lipinski definition) is 3. The Bertz CT molecular complexity index is 870. The fourth-order valence-corrected chi connectivity index (χ4v) is 4.67. The van der Waals surface area contributed by atoms with Crippen molar-refractivity contribution in [1.82, 2.24) is 15.0 Å². The van der Waals surface area contributed by atoms with E-state index >= 15 is 0 Å². The van der Waals surface area contributed by atoms with Gasteiger partial charge in [-0.05, 0) is 30.1 Å². The molecule has 2 rings (SSSR count). The van der Waals surface area contributed by atoms with Gasteiger partial charge in [0.25, 0.3) is 15.9 Å². The molecule has 2 amide bonds. The summed E-state index contributed by atoms with van der Waals surface area (Å²) in [4.78, 5) is 24.1. The molecule has 1 heterocycles. The van der Waals surface area contributed by atoms with Crippen molar-refractivity contribution in [2.45, 2.75) is 26.5 Å². The van der Waals surface area contributed by atoms with Gasteiger partial charge in [-0.15, -0.1) is 0 Å². The van der Waals surface area contributed by atoms with Crippen LogP contribution in [0.1, 0.15) is 19.4 Å². The monoisotopic (exact) mass is 415 g/mol. The molecule has 12 heteroatoms. The van der Waals surface area contributed by atoms with Gasteiger partial charge in [-0.2, -0.15) is 5.10 Å². The Hall–Kier alpha value is -2.44. The third kappa shape index (κ3) is 6.05. The Labute approximate surface area is 159 Å². The van der Waals surface area contributed by atoms with Crippen LogP contribution in [0.4, 0.5) is 4.79 Å². The maximum Gasteiger partial charge on any atom is 0.408 e. The number of ether oxygens (including phenoxy) is 1. The fourth-order valence-electron chi connectivity index (χ4n) is 1.94. The minimum atomic E-state index is -4.07. The van der Waals surface area contributed by atoms with Crippen LogP contribution in [0.2, 0.25) is 0 Å². The molecule has 0 radical (unpaired) electrons.